The summed E-state index contributed by atoms with van der Waals surface area (Å²) < 4.78 is 0. The van der Waals surface area contributed by atoms with Crippen molar-refractivity contribution in [3.05, 3.63) is 12.4 Å². The topological polar surface area (TPSA) is 41.1 Å². The van der Waals surface area contributed by atoms with Gasteiger partial charge in [-0.25, -0.2) is 0 Å². The van der Waals surface area contributed by atoms with Crippen molar-refractivity contribution < 1.29 is 4.79 Å². The van der Waals surface area contributed by atoms with E-state index in [4.69, 9.17) is 0 Å². The van der Waals surface area contributed by atoms with Crippen LogP contribution < -0.4 is 10.6 Å². The van der Waals surface area contributed by atoms with Crippen LogP contribution in [0, 0.1) is 5.92 Å². The number of nitrogens with one attached hydrogen (secondary N) is 2. The number of Topliss-reactive ketones (excluding diaryl/α,β-unsaturated/α-hetero) is 1. The second-order valence-electron chi connectivity index (χ2n) is 6.27. The Morgan fingerprint density at radius 2 is 2.26 bits per heavy atom. The van der Waals surface area contributed by atoms with Crippen LogP contribution in [0.5, 0.6) is 0 Å². The summed E-state index contributed by atoms with van der Waals surface area (Å²) in [5.74, 6) is 2.70. The Balaban J connectivity index is 1.75. The van der Waals surface area contributed by atoms with Crippen LogP contribution in [-0.4, -0.2) is 28.4 Å². The molecule has 3 nitrogen and oxygen atoms in total. The van der Waals surface area contributed by atoms with Crippen molar-refractivity contribution in [3.8, 4) is 0 Å². The number of unbranched alkanes of at least 4 members (excludes halogenated alkanes) is 1. The summed E-state index contributed by atoms with van der Waals surface area (Å²) in [7, 11) is 0. The zero-order valence-electron chi connectivity index (χ0n) is 12.3. The van der Waals surface area contributed by atoms with Crippen LogP contribution in [0.2, 0.25) is 0 Å². The number of carbonyl (C=O) groups is 1. The first-order valence-corrected chi connectivity index (χ1v) is 8.36. The maximum atomic E-state index is 11.6. The highest BCUT2D eigenvalue weighted by atomic mass is 32.2. The van der Waals surface area contributed by atoms with Crippen LogP contribution in [0.3, 0.4) is 0 Å². The second-order valence-corrected chi connectivity index (χ2v) is 7.51. The van der Waals surface area contributed by atoms with E-state index < -0.39 is 0 Å². The van der Waals surface area contributed by atoms with E-state index in [0.29, 0.717) is 17.1 Å². The molecule has 0 amide bonds. The van der Waals surface area contributed by atoms with E-state index in [1.165, 1.54) is 6.42 Å². The third kappa shape index (κ3) is 3.10. The van der Waals surface area contributed by atoms with E-state index in [1.54, 1.807) is 0 Å². The summed E-state index contributed by atoms with van der Waals surface area (Å²) in [6, 6.07) is 0.507. The summed E-state index contributed by atoms with van der Waals surface area (Å²) in [5.41, 5.74) is 0.143. The van der Waals surface area contributed by atoms with Gasteiger partial charge in [0.15, 0.2) is 0 Å². The molecule has 2 aliphatic heterocycles. The van der Waals surface area contributed by atoms with Crippen LogP contribution in [0.25, 0.3) is 0 Å². The van der Waals surface area contributed by atoms with Gasteiger partial charge in [-0.2, -0.15) is 11.8 Å². The van der Waals surface area contributed by atoms with Gasteiger partial charge in [0.25, 0.3) is 0 Å². The summed E-state index contributed by atoms with van der Waals surface area (Å²) >= 11 is 2.05. The lowest BCUT2D eigenvalue weighted by Gasteiger charge is -2.30. The number of hydrogen-bond acceptors (Lipinski definition) is 4. The van der Waals surface area contributed by atoms with Crippen LogP contribution in [0.15, 0.2) is 12.4 Å². The highest BCUT2D eigenvalue weighted by Gasteiger charge is 2.50. The van der Waals surface area contributed by atoms with Crippen molar-refractivity contribution in [1.29, 1.82) is 0 Å². The highest BCUT2D eigenvalue weighted by Crippen LogP contribution is 2.42. The van der Waals surface area contributed by atoms with E-state index >= 15 is 0 Å². The standard InChI is InChI=1S/C15H26N2OS/c1-10(2)12(18)7-5-6-8-14-15(4)13(9-19-14)16-11(3)17-15/h10,13-14,16-17H,3,5-9H2,1-2,4H3/t13?,14-,15?/m0/s1. The van der Waals surface area contributed by atoms with Crippen molar-refractivity contribution in [2.24, 2.45) is 5.92 Å². The number of thioether (sulfide) groups is 1. The van der Waals surface area contributed by atoms with E-state index in [1.807, 2.05) is 25.6 Å². The Labute approximate surface area is 121 Å². The molecule has 2 aliphatic rings. The van der Waals surface area contributed by atoms with Gasteiger partial charge >= 0.3 is 0 Å². The fraction of sp³-hybridized carbons (Fsp3) is 0.800. The largest absolute Gasteiger partial charge is 0.366 e. The first-order chi connectivity index (χ1) is 8.93. The molecular formula is C15H26N2OS. The average Bonchev–Trinajstić information content (AvgIpc) is 2.77. The van der Waals surface area contributed by atoms with Crippen LogP contribution >= 0.6 is 11.8 Å². The smallest absolute Gasteiger partial charge is 0.135 e. The van der Waals surface area contributed by atoms with Gasteiger partial charge in [-0.3, -0.25) is 4.79 Å². The molecule has 2 N–H and O–H groups in total. The maximum absolute atomic E-state index is 11.6. The van der Waals surface area contributed by atoms with Gasteiger partial charge < -0.3 is 10.6 Å². The van der Waals surface area contributed by atoms with E-state index in [2.05, 4.69) is 24.1 Å². The molecule has 2 rings (SSSR count). The lowest BCUT2D eigenvalue weighted by Crippen LogP contribution is -2.50. The van der Waals surface area contributed by atoms with Crippen LogP contribution in [-0.2, 0) is 4.79 Å². The van der Waals surface area contributed by atoms with Gasteiger partial charge in [-0.15, -0.1) is 0 Å². The lowest BCUT2D eigenvalue weighted by atomic mass is 9.88. The highest BCUT2D eigenvalue weighted by molar-refractivity contribution is 8.00. The Kier molecular flexibility index (Phi) is 4.49. The van der Waals surface area contributed by atoms with Gasteiger partial charge in [0, 0.05) is 23.3 Å². The molecule has 108 valence electrons. The Morgan fingerprint density at radius 3 is 2.95 bits per heavy atom. The molecule has 0 aromatic rings. The summed E-state index contributed by atoms with van der Waals surface area (Å²) in [4.78, 5) is 11.6. The zero-order chi connectivity index (χ0) is 14.0. The predicted molar refractivity (Wildman–Crippen MR) is 82.2 cm³/mol. The zero-order valence-corrected chi connectivity index (χ0v) is 13.1. The third-order valence-electron chi connectivity index (χ3n) is 4.41. The Bertz CT molecular complexity index is 369. The monoisotopic (exact) mass is 282 g/mol. The minimum Gasteiger partial charge on any atom is -0.366 e. The molecule has 0 radical (unpaired) electrons. The van der Waals surface area contributed by atoms with Gasteiger partial charge in [-0.1, -0.05) is 26.8 Å². The van der Waals surface area contributed by atoms with Crippen LogP contribution in [0.1, 0.15) is 46.5 Å². The molecule has 2 heterocycles. The molecule has 3 atom stereocenters. The summed E-state index contributed by atoms with van der Waals surface area (Å²) in [6.07, 6.45) is 4.11. The number of rotatable bonds is 6. The SMILES string of the molecule is C=C1NC2CS[C@@H](CCCCC(=O)C(C)C)C2(C)N1. The quantitative estimate of drug-likeness (QED) is 0.735. The Morgan fingerprint density at radius 1 is 1.53 bits per heavy atom. The summed E-state index contributed by atoms with van der Waals surface area (Å²) in [6.45, 7) is 10.3. The third-order valence-corrected chi connectivity index (χ3v) is 6.06. The van der Waals surface area contributed by atoms with Gasteiger partial charge in [-0.05, 0) is 19.8 Å². The number of carbonyl (C=O) groups excluding carboxylic acids is 1. The molecule has 2 fully saturated rings. The second kappa shape index (κ2) is 5.78. The van der Waals surface area contributed by atoms with Gasteiger partial charge in [0.1, 0.15) is 5.78 Å². The average molecular weight is 282 g/mol. The van der Waals surface area contributed by atoms with Gasteiger partial charge in [0.05, 0.1) is 17.4 Å². The first kappa shape index (κ1) is 14.8. The molecule has 0 aromatic heterocycles. The molecule has 2 saturated heterocycles. The van der Waals surface area contributed by atoms with Crippen molar-refractivity contribution in [3.63, 3.8) is 0 Å². The molecule has 4 heteroatoms. The minimum absolute atomic E-state index is 0.143. The fourth-order valence-electron chi connectivity index (χ4n) is 3.01. The minimum atomic E-state index is 0.143. The normalized spacial score (nSPS) is 33.2. The van der Waals surface area contributed by atoms with Crippen LogP contribution in [0.4, 0.5) is 0 Å². The van der Waals surface area contributed by atoms with Crippen molar-refractivity contribution >= 4 is 17.5 Å². The molecule has 0 bridgehead atoms. The summed E-state index contributed by atoms with van der Waals surface area (Å²) in [5, 5.41) is 7.57. The van der Waals surface area contributed by atoms with E-state index in [0.717, 1.165) is 30.8 Å². The Hall–Kier alpha value is -0.640. The maximum Gasteiger partial charge on any atom is 0.135 e. The molecular weight excluding hydrogens is 256 g/mol. The predicted octanol–water partition coefficient (Wildman–Crippen LogP) is 2.68. The lowest BCUT2D eigenvalue weighted by molar-refractivity contribution is -0.122. The molecule has 0 spiro atoms. The van der Waals surface area contributed by atoms with E-state index in [9.17, 15) is 4.79 Å². The molecule has 2 unspecified atom stereocenters. The fourth-order valence-corrected chi connectivity index (χ4v) is 4.77. The number of hydrogen-bond donors (Lipinski definition) is 2. The van der Waals surface area contributed by atoms with E-state index in [-0.39, 0.29) is 11.5 Å². The van der Waals surface area contributed by atoms with Crippen molar-refractivity contribution in [1.82, 2.24) is 10.6 Å². The number of ketones is 1. The van der Waals surface area contributed by atoms with Crippen molar-refractivity contribution in [2.75, 3.05) is 5.75 Å². The first-order valence-electron chi connectivity index (χ1n) is 7.31. The molecule has 0 aromatic carbocycles. The van der Waals surface area contributed by atoms with Crippen molar-refractivity contribution in [2.45, 2.75) is 63.3 Å². The van der Waals surface area contributed by atoms with Gasteiger partial charge in [0.2, 0.25) is 0 Å². The molecule has 0 aliphatic carbocycles. The number of fused-ring (bicyclic) bond motifs is 1. The molecule has 19 heavy (non-hydrogen) atoms. The molecule has 0 saturated carbocycles.